The van der Waals surface area contributed by atoms with Crippen molar-refractivity contribution < 1.29 is 9.84 Å². The number of nitrogens with zero attached hydrogens (tertiary/aromatic N) is 1. The highest BCUT2D eigenvalue weighted by Crippen LogP contribution is 2.38. The largest absolute Gasteiger partial charge is 0.390 e. The van der Waals surface area contributed by atoms with Crippen LogP contribution in [0.2, 0.25) is 0 Å². The van der Waals surface area contributed by atoms with E-state index in [1.54, 1.807) is 18.4 Å². The Morgan fingerprint density at radius 2 is 2.29 bits per heavy atom. The summed E-state index contributed by atoms with van der Waals surface area (Å²) in [6.07, 6.45) is 4.35. The minimum Gasteiger partial charge on any atom is -0.390 e. The smallest absolute Gasteiger partial charge is 0.0965 e. The van der Waals surface area contributed by atoms with Gasteiger partial charge in [-0.1, -0.05) is 31.9 Å². The lowest BCUT2D eigenvalue weighted by molar-refractivity contribution is -0.131. The molecule has 3 unspecified atom stereocenters. The molecular weight excluding hydrogens is 282 g/mol. The number of hydrogen-bond acceptors (Lipinski definition) is 4. The van der Waals surface area contributed by atoms with Crippen LogP contribution in [0.15, 0.2) is 24.3 Å². The van der Waals surface area contributed by atoms with Crippen molar-refractivity contribution in [2.24, 2.45) is 5.92 Å². The van der Waals surface area contributed by atoms with Gasteiger partial charge in [-0.25, -0.2) is 4.98 Å². The topological polar surface area (TPSA) is 42.4 Å². The van der Waals surface area contributed by atoms with Crippen LogP contribution in [0, 0.1) is 5.92 Å². The summed E-state index contributed by atoms with van der Waals surface area (Å²) in [6.45, 7) is 2.25. The van der Waals surface area contributed by atoms with E-state index in [0.717, 1.165) is 29.8 Å². The molecule has 4 heteroatoms. The second kappa shape index (κ2) is 6.03. The number of aromatic nitrogens is 1. The van der Waals surface area contributed by atoms with Gasteiger partial charge in [-0.15, -0.1) is 11.3 Å². The van der Waals surface area contributed by atoms with Gasteiger partial charge in [0.2, 0.25) is 0 Å². The summed E-state index contributed by atoms with van der Waals surface area (Å²) in [6, 6.07) is 8.13. The predicted octanol–water partition coefficient (Wildman–Crippen LogP) is 3.80. The molecule has 1 aliphatic rings. The zero-order chi connectivity index (χ0) is 14.9. The molecule has 3 nitrogen and oxygen atoms in total. The van der Waals surface area contributed by atoms with Gasteiger partial charge in [0.15, 0.2) is 0 Å². The quantitative estimate of drug-likeness (QED) is 0.934. The Morgan fingerprint density at radius 3 is 3.00 bits per heavy atom. The summed E-state index contributed by atoms with van der Waals surface area (Å²) in [5, 5.41) is 11.8. The molecule has 21 heavy (non-hydrogen) atoms. The van der Waals surface area contributed by atoms with E-state index in [1.165, 1.54) is 11.1 Å². The van der Waals surface area contributed by atoms with Crippen molar-refractivity contribution in [3.05, 3.63) is 29.3 Å². The van der Waals surface area contributed by atoms with Gasteiger partial charge in [-0.05, 0) is 30.9 Å². The Bertz CT molecular complexity index is 579. The van der Waals surface area contributed by atoms with Gasteiger partial charge in [0.1, 0.15) is 0 Å². The normalized spacial score (nSPS) is 27.9. The number of para-hydroxylation sites is 1. The molecule has 114 valence electrons. The Morgan fingerprint density at radius 1 is 1.48 bits per heavy atom. The van der Waals surface area contributed by atoms with Crippen LogP contribution >= 0.6 is 11.3 Å². The van der Waals surface area contributed by atoms with Crippen molar-refractivity contribution in [1.29, 1.82) is 0 Å². The maximum absolute atomic E-state index is 10.8. The molecule has 1 N–H and O–H groups in total. The van der Waals surface area contributed by atoms with E-state index in [4.69, 9.17) is 4.74 Å². The third-order valence-electron chi connectivity index (χ3n) is 4.71. The highest BCUT2D eigenvalue weighted by molar-refractivity contribution is 7.18. The second-order valence-electron chi connectivity index (χ2n) is 6.27. The molecule has 3 rings (SSSR count). The highest BCUT2D eigenvalue weighted by atomic mass is 32.1. The molecule has 1 heterocycles. The number of thiazole rings is 1. The number of methoxy groups -OCH3 is 1. The van der Waals surface area contributed by atoms with Crippen molar-refractivity contribution in [2.75, 3.05) is 7.11 Å². The van der Waals surface area contributed by atoms with Crippen LogP contribution in [0.4, 0.5) is 0 Å². The van der Waals surface area contributed by atoms with E-state index in [-0.39, 0.29) is 0 Å². The Balaban J connectivity index is 1.79. The number of fused-ring (bicyclic) bond motifs is 1. The van der Waals surface area contributed by atoms with Crippen LogP contribution in [-0.4, -0.2) is 28.9 Å². The molecule has 0 radical (unpaired) electrons. The average molecular weight is 305 g/mol. The Kier molecular flexibility index (Phi) is 4.29. The fraction of sp³-hybridized carbons (Fsp3) is 0.588. The first-order valence-electron chi connectivity index (χ1n) is 7.70. The van der Waals surface area contributed by atoms with E-state index in [2.05, 4.69) is 18.0 Å². The van der Waals surface area contributed by atoms with Crippen molar-refractivity contribution in [1.82, 2.24) is 4.98 Å². The van der Waals surface area contributed by atoms with Crippen molar-refractivity contribution in [2.45, 2.75) is 50.7 Å². The van der Waals surface area contributed by atoms with Crippen LogP contribution in [0.3, 0.4) is 0 Å². The minimum absolute atomic E-state index is 0.393. The third kappa shape index (κ3) is 2.98. The molecule has 0 amide bonds. The highest BCUT2D eigenvalue weighted by Gasteiger charge is 2.41. The van der Waals surface area contributed by atoms with E-state index in [9.17, 15) is 5.11 Å². The first kappa shape index (κ1) is 14.9. The number of benzene rings is 1. The van der Waals surface area contributed by atoms with Crippen LogP contribution in [-0.2, 0) is 11.2 Å². The summed E-state index contributed by atoms with van der Waals surface area (Å²) in [7, 11) is 1.74. The standard InChI is InChI=1S/C17H23NO2S/c1-12-6-5-9-17(11-12,20-2)15(19)10-16-18-13-7-3-4-8-14(13)21-16/h3-4,7-8,12,15,19H,5-6,9-11H2,1-2H3. The predicted molar refractivity (Wildman–Crippen MR) is 86.7 cm³/mol. The number of rotatable bonds is 4. The van der Waals surface area contributed by atoms with Gasteiger partial charge in [0.05, 0.1) is 26.9 Å². The van der Waals surface area contributed by atoms with E-state index < -0.39 is 11.7 Å². The fourth-order valence-corrected chi connectivity index (χ4v) is 4.53. The fourth-order valence-electron chi connectivity index (χ4n) is 3.53. The second-order valence-corrected chi connectivity index (χ2v) is 7.38. The van der Waals surface area contributed by atoms with E-state index in [0.29, 0.717) is 12.3 Å². The van der Waals surface area contributed by atoms with Gasteiger partial charge >= 0.3 is 0 Å². The monoisotopic (exact) mass is 305 g/mol. The SMILES string of the molecule is COC1(C(O)Cc2nc3ccccc3s2)CCCC(C)C1. The number of aliphatic hydroxyl groups is 1. The molecular formula is C17H23NO2S. The summed E-state index contributed by atoms with van der Waals surface area (Å²) < 4.78 is 6.97. The Hall–Kier alpha value is -0.970. The van der Waals surface area contributed by atoms with Gasteiger partial charge in [0.25, 0.3) is 0 Å². The molecule has 1 aromatic heterocycles. The number of aliphatic hydroxyl groups excluding tert-OH is 1. The molecule has 0 saturated heterocycles. The molecule has 2 aromatic rings. The van der Waals surface area contributed by atoms with Crippen LogP contribution in [0.5, 0.6) is 0 Å². The third-order valence-corrected chi connectivity index (χ3v) is 5.77. The lowest BCUT2D eigenvalue weighted by Gasteiger charge is -2.42. The van der Waals surface area contributed by atoms with Gasteiger partial charge in [0, 0.05) is 13.5 Å². The summed E-state index contributed by atoms with van der Waals surface area (Å²) in [4.78, 5) is 4.63. The molecule has 0 spiro atoms. The van der Waals surface area contributed by atoms with Gasteiger partial charge < -0.3 is 9.84 Å². The van der Waals surface area contributed by atoms with Crippen LogP contribution in [0.25, 0.3) is 10.2 Å². The zero-order valence-electron chi connectivity index (χ0n) is 12.7. The lowest BCUT2D eigenvalue weighted by atomic mass is 9.75. The van der Waals surface area contributed by atoms with Crippen LogP contribution in [0.1, 0.15) is 37.6 Å². The molecule has 3 atom stereocenters. The lowest BCUT2D eigenvalue weighted by Crippen LogP contribution is -2.48. The maximum atomic E-state index is 10.8. The maximum Gasteiger partial charge on any atom is 0.0965 e. The number of hydrogen-bond donors (Lipinski definition) is 1. The van der Waals surface area contributed by atoms with Crippen LogP contribution < -0.4 is 0 Å². The van der Waals surface area contributed by atoms with E-state index >= 15 is 0 Å². The Labute approximate surface area is 130 Å². The molecule has 0 bridgehead atoms. The molecule has 1 fully saturated rings. The van der Waals surface area contributed by atoms with Gasteiger partial charge in [-0.2, -0.15) is 0 Å². The number of ether oxygens (including phenoxy) is 1. The molecule has 1 saturated carbocycles. The van der Waals surface area contributed by atoms with E-state index in [1.807, 2.05) is 18.2 Å². The minimum atomic E-state index is -0.481. The molecule has 1 aliphatic carbocycles. The average Bonchev–Trinajstić information content (AvgIpc) is 2.89. The molecule has 1 aromatic carbocycles. The van der Waals surface area contributed by atoms with Crippen molar-refractivity contribution >= 4 is 21.6 Å². The van der Waals surface area contributed by atoms with Gasteiger partial charge in [-0.3, -0.25) is 0 Å². The van der Waals surface area contributed by atoms with Crippen molar-refractivity contribution in [3.63, 3.8) is 0 Å². The summed E-state index contributed by atoms with van der Waals surface area (Å²) in [5.74, 6) is 0.615. The summed E-state index contributed by atoms with van der Waals surface area (Å²) >= 11 is 1.67. The van der Waals surface area contributed by atoms with Crippen molar-refractivity contribution in [3.8, 4) is 0 Å². The first-order valence-corrected chi connectivity index (χ1v) is 8.52. The molecule has 0 aliphatic heterocycles. The first-order chi connectivity index (χ1) is 10.1. The zero-order valence-corrected chi connectivity index (χ0v) is 13.5. The summed E-state index contributed by atoms with van der Waals surface area (Å²) in [5.41, 5.74) is 0.628.